The molecule has 1 unspecified atom stereocenters. The molecule has 0 bridgehead atoms. The summed E-state index contributed by atoms with van der Waals surface area (Å²) < 4.78 is 11.3. The van der Waals surface area contributed by atoms with Gasteiger partial charge in [-0.1, -0.05) is 23.3 Å². The van der Waals surface area contributed by atoms with Crippen molar-refractivity contribution < 1.29 is 9.15 Å². The van der Waals surface area contributed by atoms with Crippen molar-refractivity contribution in [3.05, 3.63) is 34.6 Å². The number of rotatable bonds is 4. The van der Waals surface area contributed by atoms with E-state index in [2.05, 4.69) is 25.7 Å². The first-order valence-corrected chi connectivity index (χ1v) is 7.98. The molecular formula is C16H17N5O3. The highest BCUT2D eigenvalue weighted by Gasteiger charge is 2.17. The van der Waals surface area contributed by atoms with Gasteiger partial charge in [0.1, 0.15) is 0 Å². The van der Waals surface area contributed by atoms with E-state index in [9.17, 15) is 4.79 Å². The van der Waals surface area contributed by atoms with Gasteiger partial charge in [0.05, 0.1) is 11.5 Å². The lowest BCUT2D eigenvalue weighted by Crippen LogP contribution is -2.27. The van der Waals surface area contributed by atoms with Gasteiger partial charge in [-0.2, -0.15) is 5.10 Å². The van der Waals surface area contributed by atoms with Crippen molar-refractivity contribution in [3.8, 4) is 11.6 Å². The number of aromatic nitrogens is 4. The molecule has 1 aliphatic rings. The van der Waals surface area contributed by atoms with E-state index in [1.807, 2.05) is 6.07 Å². The molecule has 0 saturated carbocycles. The summed E-state index contributed by atoms with van der Waals surface area (Å²) in [4.78, 5) is 11.8. The van der Waals surface area contributed by atoms with Crippen LogP contribution in [0.15, 0.2) is 33.5 Å². The second-order valence-corrected chi connectivity index (χ2v) is 5.73. The molecule has 1 atom stereocenters. The maximum Gasteiger partial charge on any atom is 0.315 e. The first kappa shape index (κ1) is 14.8. The third kappa shape index (κ3) is 2.88. The molecule has 1 saturated heterocycles. The van der Waals surface area contributed by atoms with E-state index in [0.29, 0.717) is 29.0 Å². The fraction of sp³-hybridized carbons (Fsp3) is 0.375. The summed E-state index contributed by atoms with van der Waals surface area (Å²) >= 11 is 0. The molecule has 2 N–H and O–H groups in total. The largest absolute Gasteiger partial charge is 0.402 e. The average Bonchev–Trinajstić information content (AvgIpc) is 3.10. The molecule has 1 aromatic carbocycles. The van der Waals surface area contributed by atoms with E-state index in [0.717, 1.165) is 19.4 Å². The van der Waals surface area contributed by atoms with Crippen molar-refractivity contribution in [3.63, 3.8) is 0 Å². The van der Waals surface area contributed by atoms with E-state index in [-0.39, 0.29) is 17.6 Å². The van der Waals surface area contributed by atoms with Crippen molar-refractivity contribution in [2.45, 2.75) is 25.4 Å². The minimum atomic E-state index is -0.248. The normalized spacial score (nSPS) is 17.9. The molecule has 4 rings (SSSR count). The summed E-state index contributed by atoms with van der Waals surface area (Å²) in [6.07, 6.45) is 3.49. The molecule has 1 aliphatic heterocycles. The molecule has 8 heteroatoms. The quantitative estimate of drug-likeness (QED) is 0.754. The third-order valence-electron chi connectivity index (χ3n) is 4.08. The summed E-state index contributed by atoms with van der Waals surface area (Å²) in [5.74, 6) is 0.259. The van der Waals surface area contributed by atoms with Gasteiger partial charge in [-0.15, -0.1) is 5.10 Å². The van der Waals surface area contributed by atoms with Crippen molar-refractivity contribution in [1.29, 1.82) is 0 Å². The predicted octanol–water partition coefficient (Wildman–Crippen LogP) is 1.95. The Morgan fingerprint density at radius 2 is 2.08 bits per heavy atom. The number of benzene rings is 1. The Kier molecular flexibility index (Phi) is 3.96. The third-order valence-corrected chi connectivity index (χ3v) is 4.08. The fourth-order valence-electron chi connectivity index (χ4n) is 2.84. The first-order valence-electron chi connectivity index (χ1n) is 7.98. The zero-order valence-electron chi connectivity index (χ0n) is 13.0. The van der Waals surface area contributed by atoms with E-state index < -0.39 is 0 Å². The standard InChI is InChI=1S/C16H17N5O3/c22-14-12-7-2-1-6-11(12)13(18-19-14)15-20-21-16(24-15)17-9-10-5-3-4-8-23-10/h1-2,6-7,10H,3-5,8-9H2,(H,17,21)(H,19,22). The smallest absolute Gasteiger partial charge is 0.315 e. The molecule has 2 aromatic heterocycles. The average molecular weight is 327 g/mol. The van der Waals surface area contributed by atoms with E-state index >= 15 is 0 Å². The van der Waals surface area contributed by atoms with Crippen molar-refractivity contribution in [1.82, 2.24) is 20.4 Å². The van der Waals surface area contributed by atoms with Gasteiger partial charge in [-0.25, -0.2) is 5.10 Å². The van der Waals surface area contributed by atoms with Gasteiger partial charge in [0.15, 0.2) is 5.69 Å². The van der Waals surface area contributed by atoms with Gasteiger partial charge in [-0.05, 0) is 25.3 Å². The number of ether oxygens (including phenoxy) is 1. The highest BCUT2D eigenvalue weighted by molar-refractivity contribution is 5.91. The minimum Gasteiger partial charge on any atom is -0.402 e. The zero-order valence-corrected chi connectivity index (χ0v) is 13.0. The molecular weight excluding hydrogens is 310 g/mol. The van der Waals surface area contributed by atoms with Crippen LogP contribution >= 0.6 is 0 Å². The molecule has 124 valence electrons. The van der Waals surface area contributed by atoms with Crippen LogP contribution in [0.2, 0.25) is 0 Å². The topological polar surface area (TPSA) is 106 Å². The van der Waals surface area contributed by atoms with Crippen LogP contribution in [0.25, 0.3) is 22.4 Å². The summed E-state index contributed by atoms with van der Waals surface area (Å²) in [7, 11) is 0. The van der Waals surface area contributed by atoms with E-state index in [1.54, 1.807) is 18.2 Å². The first-order chi connectivity index (χ1) is 11.8. The summed E-state index contributed by atoms with van der Waals surface area (Å²) in [5.41, 5.74) is 0.210. The van der Waals surface area contributed by atoms with Crippen LogP contribution in [0.1, 0.15) is 19.3 Å². The van der Waals surface area contributed by atoms with E-state index in [4.69, 9.17) is 9.15 Å². The predicted molar refractivity (Wildman–Crippen MR) is 87.7 cm³/mol. The van der Waals surface area contributed by atoms with Gasteiger partial charge in [0, 0.05) is 18.5 Å². The van der Waals surface area contributed by atoms with Crippen LogP contribution in [-0.4, -0.2) is 39.7 Å². The summed E-state index contributed by atoms with van der Waals surface area (Å²) in [6.45, 7) is 1.43. The number of fused-ring (bicyclic) bond motifs is 1. The minimum absolute atomic E-state index is 0.168. The molecule has 3 heterocycles. The summed E-state index contributed by atoms with van der Waals surface area (Å²) in [6, 6.07) is 7.49. The Morgan fingerprint density at radius 1 is 1.21 bits per heavy atom. The Hall–Kier alpha value is -2.74. The number of nitrogens with one attached hydrogen (secondary N) is 2. The molecule has 8 nitrogen and oxygen atoms in total. The number of aromatic amines is 1. The maximum atomic E-state index is 11.8. The Morgan fingerprint density at radius 3 is 2.92 bits per heavy atom. The second kappa shape index (κ2) is 6.40. The molecule has 0 radical (unpaired) electrons. The number of nitrogens with zero attached hydrogens (tertiary/aromatic N) is 3. The Balaban J connectivity index is 1.56. The van der Waals surface area contributed by atoms with Gasteiger partial charge < -0.3 is 14.5 Å². The molecule has 0 amide bonds. The van der Waals surface area contributed by atoms with Crippen LogP contribution in [0, 0.1) is 0 Å². The van der Waals surface area contributed by atoms with Gasteiger partial charge in [0.2, 0.25) is 0 Å². The molecule has 0 aliphatic carbocycles. The maximum absolute atomic E-state index is 11.8. The second-order valence-electron chi connectivity index (χ2n) is 5.73. The lowest BCUT2D eigenvalue weighted by atomic mass is 10.1. The van der Waals surface area contributed by atoms with Crippen LogP contribution in [0.3, 0.4) is 0 Å². The zero-order chi connectivity index (χ0) is 16.4. The molecule has 3 aromatic rings. The number of hydrogen-bond acceptors (Lipinski definition) is 7. The van der Waals surface area contributed by atoms with Gasteiger partial charge in [0.25, 0.3) is 11.4 Å². The SMILES string of the molecule is O=c1[nH]nc(-c2nnc(NCC3CCCCO3)o2)c2ccccc12. The highest BCUT2D eigenvalue weighted by atomic mass is 16.5. The van der Waals surface area contributed by atoms with Crippen LogP contribution in [0.4, 0.5) is 6.01 Å². The number of H-pyrrole nitrogens is 1. The summed E-state index contributed by atoms with van der Waals surface area (Å²) in [5, 5.41) is 18.8. The van der Waals surface area contributed by atoms with Crippen molar-refractivity contribution >= 4 is 16.8 Å². The Bertz CT molecular complexity index is 898. The van der Waals surface area contributed by atoms with E-state index in [1.165, 1.54) is 6.42 Å². The lowest BCUT2D eigenvalue weighted by molar-refractivity contribution is 0.0245. The van der Waals surface area contributed by atoms with Crippen LogP contribution < -0.4 is 10.9 Å². The van der Waals surface area contributed by atoms with Gasteiger partial charge in [-0.3, -0.25) is 4.79 Å². The fourth-order valence-corrected chi connectivity index (χ4v) is 2.84. The molecule has 24 heavy (non-hydrogen) atoms. The molecule has 1 fully saturated rings. The Labute approximate surface area is 137 Å². The highest BCUT2D eigenvalue weighted by Crippen LogP contribution is 2.24. The monoisotopic (exact) mass is 327 g/mol. The molecule has 0 spiro atoms. The van der Waals surface area contributed by atoms with Crippen molar-refractivity contribution in [2.75, 3.05) is 18.5 Å². The number of hydrogen-bond donors (Lipinski definition) is 2. The lowest BCUT2D eigenvalue weighted by Gasteiger charge is -2.22. The van der Waals surface area contributed by atoms with Crippen LogP contribution in [-0.2, 0) is 4.74 Å². The van der Waals surface area contributed by atoms with Crippen LogP contribution in [0.5, 0.6) is 0 Å². The van der Waals surface area contributed by atoms with Gasteiger partial charge >= 0.3 is 6.01 Å². The van der Waals surface area contributed by atoms with Crippen molar-refractivity contribution in [2.24, 2.45) is 0 Å². The number of anilines is 1.